The molecule has 38 heavy (non-hydrogen) atoms. The lowest BCUT2D eigenvalue weighted by Gasteiger charge is -1.49. The third-order valence-corrected chi connectivity index (χ3v) is 2.67. The summed E-state index contributed by atoms with van der Waals surface area (Å²) < 4.78 is 0. The van der Waals surface area contributed by atoms with Gasteiger partial charge in [0.05, 0.1) is 0 Å². The Morgan fingerprint density at radius 1 is 0.211 bits per heavy atom. The normalized spacial score (nSPS) is 6.47. The van der Waals surface area contributed by atoms with Crippen LogP contribution in [0.15, 0.2) is 60.8 Å². The first-order chi connectivity index (χ1) is 17.2. The quantitative estimate of drug-likeness (QED) is 0.216. The van der Waals surface area contributed by atoms with Crippen molar-refractivity contribution in [2.24, 2.45) is 0 Å². The first-order valence-corrected chi connectivity index (χ1v) is 12.4. The molecule has 0 nitrogen and oxygen atoms in total. The molecule has 0 N–H and O–H groups in total. The maximum Gasteiger partial charge on any atom is -0.00271 e. The van der Waals surface area contributed by atoms with Gasteiger partial charge in [-0.1, -0.05) is 75.6 Å². The van der Waals surface area contributed by atoms with E-state index in [2.05, 4.69) is 47.4 Å². The van der Waals surface area contributed by atoms with Crippen LogP contribution in [-0.4, -0.2) is 0 Å². The van der Waals surface area contributed by atoms with Crippen molar-refractivity contribution in [2.75, 3.05) is 0 Å². The van der Waals surface area contributed by atoms with Gasteiger partial charge in [-0.25, -0.2) is 0 Å². The monoisotopic (exact) mass is 529 g/mol. The number of hydrogen-bond donors (Lipinski definition) is 0. The smallest absolute Gasteiger partial charge is 0.00271 e. The summed E-state index contributed by atoms with van der Waals surface area (Å²) in [5, 5.41) is 0. The van der Waals surface area contributed by atoms with E-state index >= 15 is 0 Å². The molecule has 0 atom stereocenters. The Balaban J connectivity index is -0.0000000238. The van der Waals surface area contributed by atoms with E-state index in [0.717, 1.165) is 0 Å². The van der Waals surface area contributed by atoms with E-state index in [1.165, 1.54) is 0 Å². The molecule has 0 aliphatic heterocycles. The van der Waals surface area contributed by atoms with Gasteiger partial charge in [-0.3, -0.25) is 0 Å². The zero-order chi connectivity index (χ0) is 30.7. The third-order valence-electron chi connectivity index (χ3n) is 2.67. The number of rotatable bonds is 0. The molecule has 0 spiro atoms. The van der Waals surface area contributed by atoms with Gasteiger partial charge >= 0.3 is 0 Å². The minimum absolute atomic E-state index is 0. The summed E-state index contributed by atoms with van der Waals surface area (Å²) in [5.41, 5.74) is 0. The molecule has 0 heterocycles. The van der Waals surface area contributed by atoms with Crippen LogP contribution in [0.5, 0.6) is 0 Å². The van der Waals surface area contributed by atoms with Crippen LogP contribution in [-0.2, 0) is 0 Å². The van der Waals surface area contributed by atoms with E-state index in [-0.39, 0.29) is 14.9 Å². The minimum atomic E-state index is 0. The molecule has 0 rings (SSSR count). The van der Waals surface area contributed by atoms with Crippen LogP contribution in [0.25, 0.3) is 0 Å². The molecule has 0 aliphatic carbocycles. The Bertz CT molecular complexity index is 472. The zero-order valence-electron chi connectivity index (χ0n) is 27.8. The van der Waals surface area contributed by atoms with Crippen molar-refractivity contribution in [1.82, 2.24) is 0 Å². The van der Waals surface area contributed by atoms with Crippen molar-refractivity contribution in [3.05, 3.63) is 60.8 Å². The highest BCUT2D eigenvalue weighted by molar-refractivity contribution is 4.90. The highest BCUT2D eigenvalue weighted by Gasteiger charge is 1.36. The fourth-order valence-corrected chi connectivity index (χ4v) is 0. The lowest BCUT2D eigenvalue weighted by atomic mass is 10.6. The summed E-state index contributed by atoms with van der Waals surface area (Å²) in [7, 11) is 0. The molecule has 224 valence electrons. The van der Waals surface area contributed by atoms with Crippen molar-refractivity contribution in [3.63, 3.8) is 0 Å². The van der Waals surface area contributed by atoms with Crippen LogP contribution in [0.4, 0.5) is 0 Å². The molecular formula is C38H72. The largest absolute Gasteiger partial charge is 0.107 e. The van der Waals surface area contributed by atoms with Gasteiger partial charge in [-0.2, -0.15) is 0 Å². The molecule has 0 unspecified atom stereocenters. The summed E-state index contributed by atoms with van der Waals surface area (Å²) in [4.78, 5) is 0. The average Bonchev–Trinajstić information content (AvgIpc) is 2.97. The predicted molar refractivity (Wildman–Crippen MR) is 192 cm³/mol. The Morgan fingerprint density at radius 2 is 0.263 bits per heavy atom. The van der Waals surface area contributed by atoms with E-state index in [9.17, 15) is 0 Å². The standard InChI is InChI=1S/5C4H8.4C4H6.2CH4/c9*1-3-4-2;;/h5*3-4H,1-2H3;4*1-2H3;2*1H4/b3*4-3+;2*4-3-;;;;;;. The lowest BCUT2D eigenvalue weighted by Crippen LogP contribution is -1.28. The second-order valence-electron chi connectivity index (χ2n) is 5.33. The predicted octanol–water partition coefficient (Wildman–Crippen LogP) is 13.3. The Labute approximate surface area is 247 Å². The highest BCUT2D eigenvalue weighted by Crippen LogP contribution is 1.58. The van der Waals surface area contributed by atoms with E-state index < -0.39 is 0 Å². The first kappa shape index (κ1) is 70.2. The van der Waals surface area contributed by atoms with Crippen LogP contribution >= 0.6 is 0 Å². The average molecular weight is 529 g/mol. The second kappa shape index (κ2) is 165. The molecule has 0 bridgehead atoms. The Kier molecular flexibility index (Phi) is 305. The van der Waals surface area contributed by atoms with E-state index in [1.54, 1.807) is 0 Å². The van der Waals surface area contributed by atoms with Gasteiger partial charge in [-0.15, -0.1) is 47.4 Å². The Morgan fingerprint density at radius 3 is 0.263 bits per heavy atom. The van der Waals surface area contributed by atoms with Gasteiger partial charge in [0, 0.05) is 0 Å². The van der Waals surface area contributed by atoms with E-state index in [0.29, 0.717) is 0 Å². The zero-order valence-corrected chi connectivity index (χ0v) is 27.8. The SMILES string of the molecule is C.C.C/C=C/C.C/C=C/C.C/C=C/C.C/C=C\C.C/C=C\C.CC#CC.CC#CC.CC#CC.CC#CC. The minimum Gasteiger partial charge on any atom is -0.107 e. The molecule has 0 amide bonds. The van der Waals surface area contributed by atoms with Gasteiger partial charge in [0.2, 0.25) is 0 Å². The summed E-state index contributed by atoms with van der Waals surface area (Å²) in [6.07, 6.45) is 20.0. The molecule has 0 aromatic rings. The van der Waals surface area contributed by atoms with Crippen LogP contribution in [0, 0.1) is 47.4 Å². The van der Waals surface area contributed by atoms with Crippen molar-refractivity contribution >= 4 is 0 Å². The molecular weight excluding hydrogens is 456 g/mol. The number of hydrogen-bond acceptors (Lipinski definition) is 0. The fourth-order valence-electron chi connectivity index (χ4n) is 0. The highest BCUT2D eigenvalue weighted by atomic mass is 13.4. The van der Waals surface area contributed by atoms with E-state index in [1.807, 2.05) is 185 Å². The third kappa shape index (κ3) is 952. The van der Waals surface area contributed by atoms with Crippen LogP contribution in [0.3, 0.4) is 0 Å². The first-order valence-electron chi connectivity index (χ1n) is 12.4. The topological polar surface area (TPSA) is 0 Å². The summed E-state index contributed by atoms with van der Waals surface area (Å²) >= 11 is 0. The fraction of sp³-hybridized carbons (Fsp3) is 0.526. The maximum atomic E-state index is 2.68. The van der Waals surface area contributed by atoms with Crippen LogP contribution < -0.4 is 0 Å². The van der Waals surface area contributed by atoms with Gasteiger partial charge < -0.3 is 0 Å². The molecule has 0 saturated carbocycles. The van der Waals surface area contributed by atoms with Gasteiger partial charge in [0.25, 0.3) is 0 Å². The van der Waals surface area contributed by atoms with E-state index in [4.69, 9.17) is 0 Å². The number of allylic oxidation sites excluding steroid dienone is 10. The summed E-state index contributed by atoms with van der Waals surface area (Å²) in [5.74, 6) is 21.4. The second-order valence-corrected chi connectivity index (χ2v) is 5.33. The molecule has 0 saturated heterocycles. The van der Waals surface area contributed by atoms with Crippen molar-refractivity contribution < 1.29 is 0 Å². The molecule has 0 aromatic carbocycles. The molecule has 0 heteroatoms. The molecule has 0 fully saturated rings. The molecule has 0 radical (unpaired) electrons. The van der Waals surface area contributed by atoms with Gasteiger partial charge in [-0.05, 0) is 125 Å². The van der Waals surface area contributed by atoms with Gasteiger partial charge in [0.1, 0.15) is 0 Å². The van der Waals surface area contributed by atoms with Crippen molar-refractivity contribution in [2.45, 2.75) is 139 Å². The van der Waals surface area contributed by atoms with Crippen molar-refractivity contribution in [1.29, 1.82) is 0 Å². The molecule has 0 aromatic heterocycles. The van der Waals surface area contributed by atoms with Gasteiger partial charge in [0.15, 0.2) is 0 Å². The summed E-state index contributed by atoms with van der Waals surface area (Å²) in [6, 6.07) is 0. The molecule has 0 aliphatic rings. The lowest BCUT2D eigenvalue weighted by molar-refractivity contribution is 1.64. The van der Waals surface area contributed by atoms with Crippen LogP contribution in [0.1, 0.15) is 139 Å². The maximum absolute atomic E-state index is 2.68. The van der Waals surface area contributed by atoms with Crippen molar-refractivity contribution in [3.8, 4) is 47.4 Å². The Hall–Kier alpha value is -3.06. The summed E-state index contributed by atoms with van der Waals surface area (Å²) in [6.45, 7) is 34.6. The van der Waals surface area contributed by atoms with Crippen LogP contribution in [0.2, 0.25) is 0 Å².